The number of hydrogen-bond acceptors (Lipinski definition) is 3. The number of nitrogens with one attached hydrogen (secondary N) is 1. The Bertz CT molecular complexity index is 380. The second-order valence-corrected chi connectivity index (χ2v) is 5.61. The van der Waals surface area contributed by atoms with Crippen molar-refractivity contribution in [2.24, 2.45) is 0 Å². The summed E-state index contributed by atoms with van der Waals surface area (Å²) in [6, 6.07) is 8.04. The highest BCUT2D eigenvalue weighted by Gasteiger charge is 2.13. The zero-order chi connectivity index (χ0) is 13.5. The van der Waals surface area contributed by atoms with E-state index < -0.39 is 0 Å². The molecule has 1 unspecified atom stereocenters. The first-order valence-corrected chi connectivity index (χ1v) is 7.46. The molecule has 19 heavy (non-hydrogen) atoms. The molecule has 0 spiro atoms. The third-order valence-electron chi connectivity index (χ3n) is 3.39. The van der Waals surface area contributed by atoms with Gasteiger partial charge in [0.15, 0.2) is 0 Å². The fourth-order valence-corrected chi connectivity index (χ4v) is 2.63. The van der Waals surface area contributed by atoms with Gasteiger partial charge in [-0.15, -0.1) is 0 Å². The minimum atomic E-state index is 0.515. The molecule has 0 amide bonds. The first kappa shape index (κ1) is 14.6. The second-order valence-electron chi connectivity index (χ2n) is 5.17. The molecule has 3 nitrogen and oxygen atoms in total. The lowest BCUT2D eigenvalue weighted by Crippen LogP contribution is -2.39. The Labute approximate surface area is 120 Å². The molecule has 1 aliphatic rings. The number of likely N-dealkylation sites (tertiary alicyclic amines) is 1. The molecule has 0 aliphatic carbocycles. The summed E-state index contributed by atoms with van der Waals surface area (Å²) in [6.45, 7) is 7.41. The summed E-state index contributed by atoms with van der Waals surface area (Å²) in [4.78, 5) is 2.52. The minimum absolute atomic E-state index is 0.515. The third-order valence-corrected chi connectivity index (χ3v) is 3.63. The molecule has 0 radical (unpaired) electrons. The van der Waals surface area contributed by atoms with Crippen LogP contribution in [0.1, 0.15) is 19.8 Å². The standard InChI is InChI=1S/C15H23ClN2O/c1-13(12-18-8-2-3-9-18)17-7-10-19-15-6-4-5-14(16)11-15/h4-6,11,13,17H,2-3,7-10,12H2,1H3. The van der Waals surface area contributed by atoms with Crippen molar-refractivity contribution in [3.05, 3.63) is 29.3 Å². The molecule has 0 bridgehead atoms. The Hall–Kier alpha value is -0.770. The van der Waals surface area contributed by atoms with E-state index in [1.165, 1.54) is 25.9 Å². The van der Waals surface area contributed by atoms with Crippen LogP contribution in [0.2, 0.25) is 5.02 Å². The molecule has 1 saturated heterocycles. The van der Waals surface area contributed by atoms with Crippen molar-refractivity contribution in [2.75, 3.05) is 32.8 Å². The molecule has 106 valence electrons. The molecule has 0 saturated carbocycles. The molecule has 1 aromatic rings. The maximum absolute atomic E-state index is 5.90. The number of benzene rings is 1. The number of halogens is 1. The van der Waals surface area contributed by atoms with Gasteiger partial charge in [-0.2, -0.15) is 0 Å². The van der Waals surface area contributed by atoms with Gasteiger partial charge in [0, 0.05) is 24.2 Å². The molecule has 1 heterocycles. The Morgan fingerprint density at radius 2 is 2.16 bits per heavy atom. The molecule has 1 N–H and O–H groups in total. The Morgan fingerprint density at radius 1 is 1.37 bits per heavy atom. The maximum Gasteiger partial charge on any atom is 0.120 e. The van der Waals surface area contributed by atoms with Crippen LogP contribution in [0.4, 0.5) is 0 Å². The lowest BCUT2D eigenvalue weighted by Gasteiger charge is -2.21. The molecule has 2 rings (SSSR count). The second kappa shape index (κ2) is 7.73. The Morgan fingerprint density at radius 3 is 2.89 bits per heavy atom. The summed E-state index contributed by atoms with van der Waals surface area (Å²) in [7, 11) is 0. The Balaban J connectivity index is 1.58. The van der Waals surface area contributed by atoms with E-state index in [0.717, 1.165) is 18.8 Å². The summed E-state index contributed by atoms with van der Waals surface area (Å²) in [5.41, 5.74) is 0. The summed E-state index contributed by atoms with van der Waals surface area (Å²) in [5, 5.41) is 4.21. The van der Waals surface area contributed by atoms with E-state index in [4.69, 9.17) is 16.3 Å². The van der Waals surface area contributed by atoms with Gasteiger partial charge in [-0.05, 0) is 51.1 Å². The van der Waals surface area contributed by atoms with Gasteiger partial charge in [0.25, 0.3) is 0 Å². The molecule has 1 aromatic carbocycles. The fourth-order valence-electron chi connectivity index (χ4n) is 2.45. The number of ether oxygens (including phenoxy) is 1. The third kappa shape index (κ3) is 5.39. The van der Waals surface area contributed by atoms with Crippen LogP contribution in [-0.4, -0.2) is 43.7 Å². The molecule has 1 fully saturated rings. The number of nitrogens with zero attached hydrogens (tertiary/aromatic N) is 1. The maximum atomic E-state index is 5.90. The smallest absolute Gasteiger partial charge is 0.120 e. The predicted octanol–water partition coefficient (Wildman–Crippen LogP) is 2.79. The highest BCUT2D eigenvalue weighted by Crippen LogP contribution is 2.16. The van der Waals surface area contributed by atoms with Crippen LogP contribution in [0.15, 0.2) is 24.3 Å². The van der Waals surface area contributed by atoms with Crippen LogP contribution in [0, 0.1) is 0 Å². The van der Waals surface area contributed by atoms with E-state index in [0.29, 0.717) is 17.7 Å². The van der Waals surface area contributed by atoms with Gasteiger partial charge in [-0.25, -0.2) is 0 Å². The van der Waals surface area contributed by atoms with Crippen molar-refractivity contribution in [2.45, 2.75) is 25.8 Å². The van der Waals surface area contributed by atoms with Gasteiger partial charge in [0.05, 0.1) is 0 Å². The molecular formula is C15H23ClN2O. The van der Waals surface area contributed by atoms with Crippen LogP contribution >= 0.6 is 11.6 Å². The number of hydrogen-bond donors (Lipinski definition) is 1. The summed E-state index contributed by atoms with van der Waals surface area (Å²) >= 11 is 5.90. The van der Waals surface area contributed by atoms with Crippen LogP contribution in [0.5, 0.6) is 5.75 Å². The summed E-state index contributed by atoms with van der Waals surface area (Å²) < 4.78 is 5.65. The summed E-state index contributed by atoms with van der Waals surface area (Å²) in [5.74, 6) is 0.835. The lowest BCUT2D eigenvalue weighted by molar-refractivity contribution is 0.273. The molecule has 4 heteroatoms. The average molecular weight is 283 g/mol. The van der Waals surface area contributed by atoms with E-state index in [9.17, 15) is 0 Å². The van der Waals surface area contributed by atoms with E-state index >= 15 is 0 Å². The SMILES string of the molecule is CC(CN1CCCC1)NCCOc1cccc(Cl)c1. The fraction of sp³-hybridized carbons (Fsp3) is 0.600. The van der Waals surface area contributed by atoms with Gasteiger partial charge in [-0.1, -0.05) is 17.7 Å². The van der Waals surface area contributed by atoms with E-state index in [-0.39, 0.29) is 0 Å². The zero-order valence-corrected chi connectivity index (χ0v) is 12.3. The molecule has 0 aromatic heterocycles. The van der Waals surface area contributed by atoms with Gasteiger partial charge in [0.1, 0.15) is 12.4 Å². The summed E-state index contributed by atoms with van der Waals surface area (Å²) in [6.07, 6.45) is 2.70. The van der Waals surface area contributed by atoms with Gasteiger partial charge in [-0.3, -0.25) is 0 Å². The van der Waals surface area contributed by atoms with Crippen LogP contribution in [-0.2, 0) is 0 Å². The topological polar surface area (TPSA) is 24.5 Å². The minimum Gasteiger partial charge on any atom is -0.492 e. The average Bonchev–Trinajstić information content (AvgIpc) is 2.87. The van der Waals surface area contributed by atoms with Crippen molar-refractivity contribution in [3.63, 3.8) is 0 Å². The highest BCUT2D eigenvalue weighted by atomic mass is 35.5. The molecular weight excluding hydrogens is 260 g/mol. The normalized spacial score (nSPS) is 17.6. The quantitative estimate of drug-likeness (QED) is 0.779. The highest BCUT2D eigenvalue weighted by molar-refractivity contribution is 6.30. The first-order valence-electron chi connectivity index (χ1n) is 7.08. The molecule has 1 aliphatic heterocycles. The van der Waals surface area contributed by atoms with Crippen LogP contribution in [0.3, 0.4) is 0 Å². The van der Waals surface area contributed by atoms with Crippen molar-refractivity contribution in [1.29, 1.82) is 0 Å². The van der Waals surface area contributed by atoms with E-state index in [2.05, 4.69) is 17.1 Å². The van der Waals surface area contributed by atoms with Gasteiger partial charge in [0.2, 0.25) is 0 Å². The Kier molecular flexibility index (Phi) is 5.95. The van der Waals surface area contributed by atoms with Crippen LogP contribution < -0.4 is 10.1 Å². The number of rotatable bonds is 7. The van der Waals surface area contributed by atoms with E-state index in [1.54, 1.807) is 0 Å². The largest absolute Gasteiger partial charge is 0.492 e. The van der Waals surface area contributed by atoms with E-state index in [1.807, 2.05) is 24.3 Å². The lowest BCUT2D eigenvalue weighted by atomic mass is 10.3. The monoisotopic (exact) mass is 282 g/mol. The zero-order valence-electron chi connectivity index (χ0n) is 11.6. The van der Waals surface area contributed by atoms with Gasteiger partial charge >= 0.3 is 0 Å². The van der Waals surface area contributed by atoms with Crippen molar-refractivity contribution < 1.29 is 4.74 Å². The predicted molar refractivity (Wildman–Crippen MR) is 80.1 cm³/mol. The van der Waals surface area contributed by atoms with Crippen LogP contribution in [0.25, 0.3) is 0 Å². The van der Waals surface area contributed by atoms with Crippen molar-refractivity contribution in [1.82, 2.24) is 10.2 Å². The first-order chi connectivity index (χ1) is 9.24. The van der Waals surface area contributed by atoms with Gasteiger partial charge < -0.3 is 15.0 Å². The van der Waals surface area contributed by atoms with Crippen molar-refractivity contribution >= 4 is 11.6 Å². The molecule has 1 atom stereocenters. The van der Waals surface area contributed by atoms with Crippen molar-refractivity contribution in [3.8, 4) is 5.75 Å².